The molecule has 1 aliphatic rings. The van der Waals surface area contributed by atoms with Crippen LogP contribution in [-0.4, -0.2) is 23.1 Å². The molecule has 1 fully saturated rings. The third-order valence-corrected chi connectivity index (χ3v) is 1.59. The van der Waals surface area contributed by atoms with Gasteiger partial charge in [-0.05, 0) is 6.42 Å². The molecular formula is C6H9N4. The molecule has 0 bridgehead atoms. The lowest BCUT2D eigenvalue weighted by Gasteiger charge is -2.13. The number of nitrogens with zero attached hydrogens (tertiary/aromatic N) is 2. The lowest BCUT2D eigenvalue weighted by Crippen LogP contribution is -2.30. The van der Waals surface area contributed by atoms with E-state index in [-0.39, 0.29) is 0 Å². The summed E-state index contributed by atoms with van der Waals surface area (Å²) in [6.07, 6.45) is 5.61. The second kappa shape index (κ2) is 2.30. The number of hydrogen-bond acceptors (Lipinski definition) is 3. The van der Waals surface area contributed by atoms with Gasteiger partial charge in [0.1, 0.15) is 5.82 Å². The van der Waals surface area contributed by atoms with E-state index in [1.807, 2.05) is 5.01 Å². The molecule has 0 saturated carbocycles. The third kappa shape index (κ3) is 0.863. The van der Waals surface area contributed by atoms with Gasteiger partial charge in [0.05, 0.1) is 6.20 Å². The Morgan fingerprint density at radius 2 is 2.70 bits per heavy atom. The molecule has 0 atom stereocenters. The average molecular weight is 137 g/mol. The monoisotopic (exact) mass is 137 g/mol. The number of aromatic nitrogens is 2. The highest BCUT2D eigenvalue weighted by atomic mass is 15.5. The van der Waals surface area contributed by atoms with E-state index in [0.717, 1.165) is 18.9 Å². The number of rotatable bonds is 1. The molecule has 1 radical (unpaired) electrons. The molecule has 1 saturated heterocycles. The Morgan fingerprint density at radius 1 is 1.70 bits per heavy atom. The highest BCUT2D eigenvalue weighted by molar-refractivity contribution is 5.34. The lowest BCUT2D eigenvalue weighted by molar-refractivity contribution is 0.776. The molecule has 53 valence electrons. The van der Waals surface area contributed by atoms with Crippen LogP contribution in [0.4, 0.5) is 5.82 Å². The molecule has 0 amide bonds. The van der Waals surface area contributed by atoms with Crippen molar-refractivity contribution in [2.45, 2.75) is 6.42 Å². The molecule has 1 aromatic rings. The number of hydrazine groups is 1. The van der Waals surface area contributed by atoms with Crippen LogP contribution in [0.25, 0.3) is 0 Å². The fourth-order valence-electron chi connectivity index (χ4n) is 1.09. The molecule has 4 heteroatoms. The van der Waals surface area contributed by atoms with Gasteiger partial charge in [0.2, 0.25) is 0 Å². The summed E-state index contributed by atoms with van der Waals surface area (Å²) in [4.78, 5) is 6.71. The van der Waals surface area contributed by atoms with E-state index < -0.39 is 0 Å². The first kappa shape index (κ1) is 5.73. The summed E-state index contributed by atoms with van der Waals surface area (Å²) in [5, 5.41) is 2.05. The fraction of sp³-hybridized carbons (Fsp3) is 0.500. The van der Waals surface area contributed by atoms with Crippen LogP contribution in [0, 0.1) is 6.33 Å². The Hall–Kier alpha value is -1.03. The lowest BCUT2D eigenvalue weighted by atomic mass is 10.5. The molecule has 0 aliphatic carbocycles. The van der Waals surface area contributed by atoms with Crippen LogP contribution >= 0.6 is 0 Å². The van der Waals surface area contributed by atoms with Gasteiger partial charge in [-0.15, -0.1) is 0 Å². The summed E-state index contributed by atoms with van der Waals surface area (Å²) < 4.78 is 0. The smallest absolute Gasteiger partial charge is 0.175 e. The van der Waals surface area contributed by atoms with Crippen LogP contribution in [-0.2, 0) is 0 Å². The van der Waals surface area contributed by atoms with E-state index in [4.69, 9.17) is 0 Å². The second-order valence-electron chi connectivity index (χ2n) is 2.29. The summed E-state index contributed by atoms with van der Waals surface area (Å²) in [6, 6.07) is 0. The van der Waals surface area contributed by atoms with Gasteiger partial charge in [-0.3, -0.25) is 5.01 Å². The van der Waals surface area contributed by atoms with Crippen molar-refractivity contribution in [3.05, 3.63) is 12.5 Å². The number of imidazole rings is 1. The summed E-state index contributed by atoms with van der Waals surface area (Å²) in [7, 11) is 0. The maximum Gasteiger partial charge on any atom is 0.175 e. The Labute approximate surface area is 59.2 Å². The number of hydrogen-bond donors (Lipinski definition) is 2. The third-order valence-electron chi connectivity index (χ3n) is 1.59. The maximum atomic E-state index is 3.80. The number of anilines is 1. The van der Waals surface area contributed by atoms with E-state index >= 15 is 0 Å². The normalized spacial score (nSPS) is 18.2. The van der Waals surface area contributed by atoms with Crippen molar-refractivity contribution in [2.24, 2.45) is 0 Å². The van der Waals surface area contributed by atoms with E-state index in [2.05, 4.69) is 21.7 Å². The predicted octanol–water partition coefficient (Wildman–Crippen LogP) is -0.0754. The van der Waals surface area contributed by atoms with E-state index in [0.29, 0.717) is 0 Å². The average Bonchev–Trinajstić information content (AvgIpc) is 2.59. The number of nitrogens with one attached hydrogen (secondary N) is 2. The van der Waals surface area contributed by atoms with E-state index in [9.17, 15) is 0 Å². The van der Waals surface area contributed by atoms with Crippen molar-refractivity contribution in [3.8, 4) is 0 Å². The van der Waals surface area contributed by atoms with Crippen molar-refractivity contribution in [2.75, 3.05) is 18.1 Å². The van der Waals surface area contributed by atoms with Crippen LogP contribution < -0.4 is 10.4 Å². The minimum Gasteiger partial charge on any atom is -0.321 e. The molecule has 1 aliphatic heterocycles. The Morgan fingerprint density at radius 3 is 3.30 bits per heavy atom. The maximum absolute atomic E-state index is 3.80. The van der Waals surface area contributed by atoms with Crippen molar-refractivity contribution in [1.82, 2.24) is 15.4 Å². The van der Waals surface area contributed by atoms with Gasteiger partial charge in [-0.2, -0.15) is 0 Å². The first-order valence-corrected chi connectivity index (χ1v) is 3.39. The molecule has 2 N–H and O–H groups in total. The van der Waals surface area contributed by atoms with Crippen molar-refractivity contribution in [1.29, 1.82) is 0 Å². The Kier molecular flexibility index (Phi) is 1.32. The molecule has 0 unspecified atom stereocenters. The minimum atomic E-state index is 0.998. The molecule has 0 aromatic carbocycles. The van der Waals surface area contributed by atoms with Gasteiger partial charge < -0.3 is 4.98 Å². The molecule has 10 heavy (non-hydrogen) atoms. The van der Waals surface area contributed by atoms with Gasteiger partial charge in [0.15, 0.2) is 6.33 Å². The van der Waals surface area contributed by atoms with Gasteiger partial charge in [-0.25, -0.2) is 10.4 Å². The van der Waals surface area contributed by atoms with Crippen molar-refractivity contribution in [3.63, 3.8) is 0 Å². The van der Waals surface area contributed by atoms with Crippen LogP contribution in [0.3, 0.4) is 0 Å². The van der Waals surface area contributed by atoms with Crippen molar-refractivity contribution < 1.29 is 0 Å². The Balaban J connectivity index is 2.12. The molecular weight excluding hydrogens is 128 g/mol. The van der Waals surface area contributed by atoms with Gasteiger partial charge in [0.25, 0.3) is 0 Å². The van der Waals surface area contributed by atoms with Crippen LogP contribution in [0.5, 0.6) is 0 Å². The van der Waals surface area contributed by atoms with Crippen molar-refractivity contribution >= 4 is 5.82 Å². The number of aromatic amines is 1. The first-order valence-electron chi connectivity index (χ1n) is 3.39. The van der Waals surface area contributed by atoms with Crippen LogP contribution in [0.15, 0.2) is 6.20 Å². The topological polar surface area (TPSA) is 44.0 Å². The SMILES string of the molecule is [c]1ncc(N2CCCN2)[nH]1. The fourth-order valence-corrected chi connectivity index (χ4v) is 1.09. The van der Waals surface area contributed by atoms with Crippen LogP contribution in [0.2, 0.25) is 0 Å². The molecule has 0 spiro atoms. The highest BCUT2D eigenvalue weighted by Gasteiger charge is 2.11. The summed E-state index contributed by atoms with van der Waals surface area (Å²) >= 11 is 0. The largest absolute Gasteiger partial charge is 0.321 e. The highest BCUT2D eigenvalue weighted by Crippen LogP contribution is 2.08. The van der Waals surface area contributed by atoms with Gasteiger partial charge >= 0.3 is 0 Å². The molecule has 2 rings (SSSR count). The predicted molar refractivity (Wildman–Crippen MR) is 37.4 cm³/mol. The zero-order valence-electron chi connectivity index (χ0n) is 5.59. The zero-order chi connectivity index (χ0) is 6.81. The zero-order valence-corrected chi connectivity index (χ0v) is 5.59. The summed E-state index contributed by atoms with van der Waals surface area (Å²) in [5.74, 6) is 0.998. The summed E-state index contributed by atoms with van der Waals surface area (Å²) in [6.45, 7) is 2.11. The second-order valence-corrected chi connectivity index (χ2v) is 2.29. The molecule has 2 heterocycles. The quantitative estimate of drug-likeness (QED) is 0.569. The minimum absolute atomic E-state index is 0.998. The Bertz CT molecular complexity index is 188. The summed E-state index contributed by atoms with van der Waals surface area (Å²) in [5.41, 5.74) is 3.20. The molecule has 4 nitrogen and oxygen atoms in total. The number of H-pyrrole nitrogens is 1. The first-order chi connectivity index (χ1) is 4.97. The molecule has 1 aromatic heterocycles. The van der Waals surface area contributed by atoms with Crippen LogP contribution in [0.1, 0.15) is 6.42 Å². The van der Waals surface area contributed by atoms with Gasteiger partial charge in [0, 0.05) is 13.1 Å². The standard InChI is InChI=1S/C6H9N4/c1-2-9-10(3-1)6-4-7-5-8-6/h4,9H,1-3H2,(H,7,8). The van der Waals surface area contributed by atoms with E-state index in [1.54, 1.807) is 6.20 Å². The van der Waals surface area contributed by atoms with E-state index in [1.165, 1.54) is 6.42 Å². The van der Waals surface area contributed by atoms with Gasteiger partial charge in [-0.1, -0.05) is 0 Å².